The van der Waals surface area contributed by atoms with E-state index in [2.05, 4.69) is 32.7 Å². The van der Waals surface area contributed by atoms with Crippen LogP contribution in [0.4, 0.5) is 0 Å². The molecular formula is C18H15BrN2O2. The molecule has 3 rings (SSSR count). The summed E-state index contributed by atoms with van der Waals surface area (Å²) in [5, 5.41) is 8.12. The van der Waals surface area contributed by atoms with E-state index in [0.29, 0.717) is 11.8 Å². The first kappa shape index (κ1) is 15.5. The van der Waals surface area contributed by atoms with Crippen LogP contribution in [0.5, 0.6) is 5.75 Å². The summed E-state index contributed by atoms with van der Waals surface area (Å²) in [5.41, 5.74) is 1.94. The fourth-order valence-corrected chi connectivity index (χ4v) is 2.62. The van der Waals surface area contributed by atoms with E-state index in [4.69, 9.17) is 9.15 Å². The third-order valence-electron chi connectivity index (χ3n) is 3.26. The average molecular weight is 371 g/mol. The zero-order chi connectivity index (χ0) is 16.1. The van der Waals surface area contributed by atoms with Gasteiger partial charge in [-0.3, -0.25) is 0 Å². The highest BCUT2D eigenvalue weighted by Gasteiger charge is 2.12. The van der Waals surface area contributed by atoms with Gasteiger partial charge in [0.1, 0.15) is 5.75 Å². The van der Waals surface area contributed by atoms with E-state index in [1.807, 2.05) is 54.6 Å². The monoisotopic (exact) mass is 370 g/mol. The van der Waals surface area contributed by atoms with Gasteiger partial charge in [0.2, 0.25) is 5.89 Å². The maximum atomic E-state index is 5.80. The molecule has 116 valence electrons. The molecule has 0 saturated heterocycles. The molecule has 0 aliphatic heterocycles. The van der Waals surface area contributed by atoms with Gasteiger partial charge in [0.25, 0.3) is 5.89 Å². The third-order valence-corrected chi connectivity index (χ3v) is 3.95. The first-order valence-electron chi connectivity index (χ1n) is 7.17. The lowest BCUT2D eigenvalue weighted by Gasteiger charge is -2.08. The van der Waals surface area contributed by atoms with Crippen molar-refractivity contribution in [1.82, 2.24) is 10.2 Å². The summed E-state index contributed by atoms with van der Waals surface area (Å²) < 4.78 is 12.4. The van der Waals surface area contributed by atoms with Crippen molar-refractivity contribution in [2.24, 2.45) is 0 Å². The van der Waals surface area contributed by atoms with E-state index in [0.717, 1.165) is 27.8 Å². The summed E-state index contributed by atoms with van der Waals surface area (Å²) in [7, 11) is 0. The molecule has 0 spiro atoms. The standard InChI is InChI=1S/C18H15BrN2O2/c1-2-7-13-8-3-6-11-16(13)22-12-17-20-21-18(23-17)14-9-4-5-10-15(14)19/h2-6,8-11H,1,7,12H2. The van der Waals surface area contributed by atoms with Crippen molar-refractivity contribution in [2.75, 3.05) is 0 Å². The topological polar surface area (TPSA) is 48.2 Å². The zero-order valence-corrected chi connectivity index (χ0v) is 14.0. The van der Waals surface area contributed by atoms with Gasteiger partial charge in [0, 0.05) is 4.47 Å². The van der Waals surface area contributed by atoms with Crippen LogP contribution >= 0.6 is 15.9 Å². The number of hydrogen-bond acceptors (Lipinski definition) is 4. The van der Waals surface area contributed by atoms with Crippen LogP contribution in [-0.2, 0) is 13.0 Å². The molecule has 0 radical (unpaired) electrons. The van der Waals surface area contributed by atoms with Crippen molar-refractivity contribution in [3.63, 3.8) is 0 Å². The van der Waals surface area contributed by atoms with Crippen molar-refractivity contribution in [2.45, 2.75) is 13.0 Å². The minimum absolute atomic E-state index is 0.228. The van der Waals surface area contributed by atoms with E-state index in [1.165, 1.54) is 0 Å². The number of aromatic nitrogens is 2. The molecule has 4 nitrogen and oxygen atoms in total. The molecule has 5 heteroatoms. The van der Waals surface area contributed by atoms with Gasteiger partial charge in [-0.25, -0.2) is 0 Å². The van der Waals surface area contributed by atoms with Crippen LogP contribution in [0.2, 0.25) is 0 Å². The number of hydrogen-bond donors (Lipinski definition) is 0. The van der Waals surface area contributed by atoms with Crippen molar-refractivity contribution in [1.29, 1.82) is 0 Å². The molecule has 0 aliphatic rings. The van der Waals surface area contributed by atoms with E-state index >= 15 is 0 Å². The smallest absolute Gasteiger partial charge is 0.254 e. The van der Waals surface area contributed by atoms with Gasteiger partial charge in [-0.15, -0.1) is 16.8 Å². The second-order valence-electron chi connectivity index (χ2n) is 4.87. The van der Waals surface area contributed by atoms with Crippen LogP contribution < -0.4 is 4.74 Å². The van der Waals surface area contributed by atoms with Gasteiger partial charge in [-0.2, -0.15) is 0 Å². The Morgan fingerprint density at radius 3 is 2.70 bits per heavy atom. The lowest BCUT2D eigenvalue weighted by molar-refractivity contribution is 0.262. The summed E-state index contributed by atoms with van der Waals surface area (Å²) >= 11 is 3.48. The van der Waals surface area contributed by atoms with Crippen LogP contribution in [-0.4, -0.2) is 10.2 Å². The second-order valence-corrected chi connectivity index (χ2v) is 5.72. The third kappa shape index (κ3) is 3.68. The summed E-state index contributed by atoms with van der Waals surface area (Å²) in [6.45, 7) is 3.99. The first-order valence-corrected chi connectivity index (χ1v) is 7.96. The Kier molecular flexibility index (Phi) is 4.88. The molecule has 0 saturated carbocycles. The molecule has 1 aromatic heterocycles. The van der Waals surface area contributed by atoms with Crippen LogP contribution in [0.25, 0.3) is 11.5 Å². The predicted molar refractivity (Wildman–Crippen MR) is 92.1 cm³/mol. The molecule has 23 heavy (non-hydrogen) atoms. The number of para-hydroxylation sites is 1. The highest BCUT2D eigenvalue weighted by molar-refractivity contribution is 9.10. The fraction of sp³-hybridized carbons (Fsp3) is 0.111. The highest BCUT2D eigenvalue weighted by Crippen LogP contribution is 2.27. The fourth-order valence-electron chi connectivity index (χ4n) is 2.16. The van der Waals surface area contributed by atoms with Crippen LogP contribution in [0.15, 0.2) is 70.1 Å². The molecule has 0 unspecified atom stereocenters. The van der Waals surface area contributed by atoms with Crippen LogP contribution in [0.3, 0.4) is 0 Å². The molecule has 0 amide bonds. The average Bonchev–Trinajstić information content (AvgIpc) is 3.03. The Morgan fingerprint density at radius 2 is 1.87 bits per heavy atom. The number of rotatable bonds is 6. The Balaban J connectivity index is 1.73. The van der Waals surface area contributed by atoms with Gasteiger partial charge in [-0.1, -0.05) is 36.4 Å². The number of nitrogens with zero attached hydrogens (tertiary/aromatic N) is 2. The van der Waals surface area contributed by atoms with E-state index in [1.54, 1.807) is 0 Å². The van der Waals surface area contributed by atoms with E-state index in [9.17, 15) is 0 Å². The summed E-state index contributed by atoms with van der Waals surface area (Å²) in [6, 6.07) is 15.5. The zero-order valence-electron chi connectivity index (χ0n) is 12.4. The molecular weight excluding hydrogens is 356 g/mol. The minimum atomic E-state index is 0.228. The normalized spacial score (nSPS) is 10.5. The van der Waals surface area contributed by atoms with Gasteiger partial charge in [-0.05, 0) is 46.1 Å². The van der Waals surface area contributed by atoms with Crippen LogP contribution in [0, 0.1) is 0 Å². The lowest BCUT2D eigenvalue weighted by atomic mass is 10.1. The van der Waals surface area contributed by atoms with Crippen molar-refractivity contribution in [3.8, 4) is 17.2 Å². The van der Waals surface area contributed by atoms with Gasteiger partial charge >= 0.3 is 0 Å². The summed E-state index contributed by atoms with van der Waals surface area (Å²) in [6.07, 6.45) is 2.60. The van der Waals surface area contributed by atoms with Gasteiger partial charge < -0.3 is 9.15 Å². The maximum absolute atomic E-state index is 5.80. The van der Waals surface area contributed by atoms with Crippen LogP contribution in [0.1, 0.15) is 11.5 Å². The molecule has 0 bridgehead atoms. The Bertz CT molecular complexity index is 814. The number of halogens is 1. The van der Waals surface area contributed by atoms with Gasteiger partial charge in [0.15, 0.2) is 6.61 Å². The van der Waals surface area contributed by atoms with E-state index in [-0.39, 0.29) is 6.61 Å². The van der Waals surface area contributed by atoms with E-state index < -0.39 is 0 Å². The SMILES string of the molecule is C=CCc1ccccc1OCc1nnc(-c2ccccc2Br)o1. The molecule has 2 aromatic carbocycles. The van der Waals surface area contributed by atoms with Crippen molar-refractivity contribution >= 4 is 15.9 Å². The predicted octanol–water partition coefficient (Wildman–Crippen LogP) is 4.81. The Hall–Kier alpha value is -2.40. The molecule has 1 heterocycles. The second kappa shape index (κ2) is 7.24. The summed E-state index contributed by atoms with van der Waals surface area (Å²) in [4.78, 5) is 0. The van der Waals surface area contributed by atoms with Gasteiger partial charge in [0.05, 0.1) is 5.56 Å². The first-order chi connectivity index (χ1) is 11.3. The molecule has 0 aliphatic carbocycles. The minimum Gasteiger partial charge on any atom is -0.484 e. The quantitative estimate of drug-likeness (QED) is 0.584. The van der Waals surface area contributed by atoms with Crippen molar-refractivity contribution < 1.29 is 9.15 Å². The Morgan fingerprint density at radius 1 is 1.09 bits per heavy atom. The maximum Gasteiger partial charge on any atom is 0.254 e. The molecule has 0 atom stereocenters. The molecule has 0 fully saturated rings. The van der Waals surface area contributed by atoms with Crippen molar-refractivity contribution in [3.05, 3.63) is 77.1 Å². The number of benzene rings is 2. The largest absolute Gasteiger partial charge is 0.484 e. The molecule has 3 aromatic rings. The molecule has 0 N–H and O–H groups in total. The number of ether oxygens (including phenoxy) is 1. The lowest BCUT2D eigenvalue weighted by Crippen LogP contribution is -1.98. The summed E-state index contributed by atoms with van der Waals surface area (Å²) in [5.74, 6) is 1.70. The number of allylic oxidation sites excluding steroid dienone is 1. The Labute approximate surface area is 142 Å². The highest BCUT2D eigenvalue weighted by atomic mass is 79.9.